The molecule has 1 heterocycles. The van der Waals surface area contributed by atoms with E-state index in [4.69, 9.17) is 4.74 Å². The van der Waals surface area contributed by atoms with Gasteiger partial charge in [0.2, 0.25) is 10.0 Å². The number of ether oxygens (including phenoxy) is 1. The van der Waals surface area contributed by atoms with Crippen molar-refractivity contribution in [2.75, 3.05) is 13.2 Å². The molecule has 5 nitrogen and oxygen atoms in total. The molecule has 0 radical (unpaired) electrons. The smallest absolute Gasteiger partial charge is 0.242 e. The largest absolute Gasteiger partial charge is 0.380 e. The van der Waals surface area contributed by atoms with Crippen molar-refractivity contribution in [2.45, 2.75) is 42.8 Å². The molecule has 1 aromatic carbocycles. The van der Waals surface area contributed by atoms with Gasteiger partial charge in [-0.05, 0) is 52.9 Å². The fourth-order valence-electron chi connectivity index (χ4n) is 2.33. The van der Waals surface area contributed by atoms with Crippen molar-refractivity contribution in [1.82, 2.24) is 10.0 Å². The van der Waals surface area contributed by atoms with Crippen LogP contribution in [0.25, 0.3) is 0 Å². The summed E-state index contributed by atoms with van der Waals surface area (Å²) in [5.41, 5.74) is 1.08. The highest BCUT2D eigenvalue weighted by Gasteiger charge is 2.25. The SMILES string of the molecule is O=S(=O)(NC1CCOC1)c1ccc(CNC2CC2)cc1Br. The van der Waals surface area contributed by atoms with Gasteiger partial charge in [0.25, 0.3) is 0 Å². The molecule has 1 unspecified atom stereocenters. The van der Waals surface area contributed by atoms with Crippen molar-refractivity contribution < 1.29 is 13.2 Å². The molecular formula is C14H19BrN2O3S. The van der Waals surface area contributed by atoms with Crippen molar-refractivity contribution >= 4 is 26.0 Å². The van der Waals surface area contributed by atoms with Crippen LogP contribution in [0.1, 0.15) is 24.8 Å². The van der Waals surface area contributed by atoms with E-state index in [0.29, 0.717) is 23.7 Å². The first-order chi connectivity index (χ1) is 10.0. The second-order valence-corrected chi connectivity index (χ2v) is 8.14. The van der Waals surface area contributed by atoms with Crippen molar-refractivity contribution in [1.29, 1.82) is 0 Å². The minimum atomic E-state index is -3.51. The van der Waals surface area contributed by atoms with Gasteiger partial charge in [-0.1, -0.05) is 6.07 Å². The number of hydrogen-bond donors (Lipinski definition) is 2. The molecular weight excluding hydrogens is 356 g/mol. The minimum absolute atomic E-state index is 0.127. The molecule has 7 heteroatoms. The predicted octanol–water partition coefficient (Wildman–Crippen LogP) is 1.77. The lowest BCUT2D eigenvalue weighted by atomic mass is 10.2. The Morgan fingerprint density at radius 1 is 1.24 bits per heavy atom. The quantitative estimate of drug-likeness (QED) is 0.795. The van der Waals surface area contributed by atoms with Gasteiger partial charge in [0.1, 0.15) is 0 Å². The molecule has 1 saturated carbocycles. The van der Waals surface area contributed by atoms with Crippen LogP contribution in [0.4, 0.5) is 0 Å². The number of nitrogens with one attached hydrogen (secondary N) is 2. The Labute approximate surface area is 133 Å². The third-order valence-electron chi connectivity index (χ3n) is 3.71. The summed E-state index contributed by atoms with van der Waals surface area (Å²) in [5, 5.41) is 3.41. The van der Waals surface area contributed by atoms with Crippen molar-refractivity contribution in [2.24, 2.45) is 0 Å². The van der Waals surface area contributed by atoms with Crippen molar-refractivity contribution in [3.05, 3.63) is 28.2 Å². The lowest BCUT2D eigenvalue weighted by molar-refractivity contribution is 0.192. The Kier molecular flexibility index (Phi) is 4.66. The Morgan fingerprint density at radius 2 is 2.05 bits per heavy atom. The van der Waals surface area contributed by atoms with Gasteiger partial charge in [0, 0.05) is 29.7 Å². The number of halogens is 1. The molecule has 0 spiro atoms. The number of benzene rings is 1. The molecule has 2 fully saturated rings. The van der Waals surface area contributed by atoms with Crippen LogP contribution in [-0.2, 0) is 21.3 Å². The van der Waals surface area contributed by atoms with Crippen LogP contribution in [0, 0.1) is 0 Å². The van der Waals surface area contributed by atoms with Crippen LogP contribution in [0.3, 0.4) is 0 Å². The van der Waals surface area contributed by atoms with Crippen LogP contribution < -0.4 is 10.0 Å². The molecule has 2 N–H and O–H groups in total. The Balaban J connectivity index is 1.70. The third kappa shape index (κ3) is 4.04. The van der Waals surface area contributed by atoms with Crippen LogP contribution in [-0.4, -0.2) is 33.7 Å². The zero-order valence-corrected chi connectivity index (χ0v) is 14.0. The summed E-state index contributed by atoms with van der Waals surface area (Å²) in [6.07, 6.45) is 3.20. The maximum absolute atomic E-state index is 12.4. The van der Waals surface area contributed by atoms with Crippen molar-refractivity contribution in [3.63, 3.8) is 0 Å². The van der Waals surface area contributed by atoms with E-state index in [1.165, 1.54) is 12.8 Å². The van der Waals surface area contributed by atoms with Gasteiger partial charge >= 0.3 is 0 Å². The zero-order chi connectivity index (χ0) is 14.9. The standard InChI is InChI=1S/C14H19BrN2O3S/c15-13-7-10(8-16-11-2-3-11)1-4-14(13)21(18,19)17-12-5-6-20-9-12/h1,4,7,11-12,16-17H,2-3,5-6,8-9H2. The lowest BCUT2D eigenvalue weighted by Crippen LogP contribution is -2.35. The molecule has 2 aliphatic rings. The number of hydrogen-bond acceptors (Lipinski definition) is 4. The summed E-state index contributed by atoms with van der Waals surface area (Å²) in [4.78, 5) is 0.282. The minimum Gasteiger partial charge on any atom is -0.380 e. The highest BCUT2D eigenvalue weighted by Crippen LogP contribution is 2.25. The van der Waals surface area contributed by atoms with Gasteiger partial charge in [-0.3, -0.25) is 0 Å². The Bertz CT molecular complexity index is 611. The molecule has 1 saturated heterocycles. The monoisotopic (exact) mass is 374 g/mol. The molecule has 1 aliphatic carbocycles. The van der Waals surface area contributed by atoms with Gasteiger partial charge in [-0.15, -0.1) is 0 Å². The van der Waals surface area contributed by atoms with Crippen molar-refractivity contribution in [3.8, 4) is 0 Å². The Morgan fingerprint density at radius 3 is 2.67 bits per heavy atom. The van der Waals surface area contributed by atoms with Gasteiger partial charge in [-0.2, -0.15) is 0 Å². The van der Waals surface area contributed by atoms with Crippen LogP contribution in [0.2, 0.25) is 0 Å². The highest BCUT2D eigenvalue weighted by molar-refractivity contribution is 9.10. The topological polar surface area (TPSA) is 67.4 Å². The van der Waals surface area contributed by atoms with Crippen LogP contribution in [0.5, 0.6) is 0 Å². The molecule has 0 bridgehead atoms. The first-order valence-corrected chi connectivity index (χ1v) is 9.44. The summed E-state index contributed by atoms with van der Waals surface area (Å²) in [6.45, 7) is 1.83. The van der Waals surface area contributed by atoms with E-state index >= 15 is 0 Å². The molecule has 3 rings (SSSR count). The van der Waals surface area contributed by atoms with Gasteiger partial charge in [0.05, 0.1) is 11.5 Å². The van der Waals surface area contributed by atoms with E-state index in [0.717, 1.165) is 18.5 Å². The first-order valence-electron chi connectivity index (χ1n) is 7.16. The molecule has 116 valence electrons. The maximum atomic E-state index is 12.4. The summed E-state index contributed by atoms with van der Waals surface area (Å²) in [6, 6.07) is 5.90. The van der Waals surface area contributed by atoms with E-state index < -0.39 is 10.0 Å². The average Bonchev–Trinajstić information content (AvgIpc) is 3.13. The molecule has 1 aliphatic heterocycles. The van der Waals surface area contributed by atoms with E-state index in [9.17, 15) is 8.42 Å². The maximum Gasteiger partial charge on any atom is 0.242 e. The van der Waals surface area contributed by atoms with Gasteiger partial charge in [-0.25, -0.2) is 13.1 Å². The molecule has 1 aromatic rings. The average molecular weight is 375 g/mol. The zero-order valence-electron chi connectivity index (χ0n) is 11.6. The van der Waals surface area contributed by atoms with Gasteiger partial charge in [0.15, 0.2) is 0 Å². The number of rotatable bonds is 6. The predicted molar refractivity (Wildman–Crippen MR) is 83.5 cm³/mol. The molecule has 1 atom stereocenters. The van der Waals surface area contributed by atoms with E-state index in [1.807, 2.05) is 12.1 Å². The van der Waals surface area contributed by atoms with E-state index in [-0.39, 0.29) is 10.9 Å². The molecule has 0 amide bonds. The molecule has 21 heavy (non-hydrogen) atoms. The first kappa shape index (κ1) is 15.4. The second-order valence-electron chi connectivity index (χ2n) is 5.60. The normalized spacial score (nSPS) is 22.6. The summed E-state index contributed by atoms with van der Waals surface area (Å²) < 4.78 is 33.3. The summed E-state index contributed by atoms with van der Waals surface area (Å²) in [5.74, 6) is 0. The second kappa shape index (κ2) is 6.34. The van der Waals surface area contributed by atoms with E-state index in [1.54, 1.807) is 6.07 Å². The summed E-state index contributed by atoms with van der Waals surface area (Å²) >= 11 is 3.38. The molecule has 0 aromatic heterocycles. The Hall–Kier alpha value is -0.470. The number of sulfonamides is 1. The van der Waals surface area contributed by atoms with Crippen LogP contribution in [0.15, 0.2) is 27.6 Å². The summed E-state index contributed by atoms with van der Waals surface area (Å²) in [7, 11) is -3.51. The lowest BCUT2D eigenvalue weighted by Gasteiger charge is -2.13. The third-order valence-corrected chi connectivity index (χ3v) is 6.21. The van der Waals surface area contributed by atoms with Crippen LogP contribution >= 0.6 is 15.9 Å². The van der Waals surface area contributed by atoms with E-state index in [2.05, 4.69) is 26.0 Å². The fourth-order valence-corrected chi connectivity index (χ4v) is 4.71. The highest BCUT2D eigenvalue weighted by atomic mass is 79.9. The van der Waals surface area contributed by atoms with Gasteiger partial charge < -0.3 is 10.1 Å². The fraction of sp³-hybridized carbons (Fsp3) is 0.571.